The van der Waals surface area contributed by atoms with E-state index >= 15 is 0 Å². The smallest absolute Gasteiger partial charge is 0.296 e. The summed E-state index contributed by atoms with van der Waals surface area (Å²) in [7, 11) is 0. The molecule has 2 aromatic rings. The highest BCUT2D eigenvalue weighted by Gasteiger charge is 2.41. The molecule has 0 saturated heterocycles. The zero-order valence-electron chi connectivity index (χ0n) is 14.3. The van der Waals surface area contributed by atoms with E-state index in [0.29, 0.717) is 23.6 Å². The maximum Gasteiger partial charge on any atom is 0.296 e. The third-order valence-electron chi connectivity index (χ3n) is 5.17. The summed E-state index contributed by atoms with van der Waals surface area (Å²) >= 11 is 0. The number of benzene rings is 2. The lowest BCUT2D eigenvalue weighted by atomic mass is 9.76. The fraction of sp³-hybridized carbons (Fsp3) is 0.300. The lowest BCUT2D eigenvalue weighted by Crippen LogP contribution is -2.30. The first-order valence-corrected chi connectivity index (χ1v) is 8.73. The molecule has 6 heteroatoms. The van der Waals surface area contributed by atoms with E-state index in [4.69, 9.17) is 4.74 Å². The van der Waals surface area contributed by atoms with E-state index in [1.165, 1.54) is 12.1 Å². The molecule has 0 amide bonds. The summed E-state index contributed by atoms with van der Waals surface area (Å²) < 4.78 is 19.9. The van der Waals surface area contributed by atoms with E-state index in [1.54, 1.807) is 18.2 Å². The van der Waals surface area contributed by atoms with Crippen molar-refractivity contribution in [3.05, 3.63) is 75.6 Å². The predicted octanol–water partition coefficient (Wildman–Crippen LogP) is 4.96. The molecule has 3 atom stereocenters. The van der Waals surface area contributed by atoms with E-state index in [2.05, 4.69) is 17.5 Å². The molecular weight excluding hydrogens is 335 g/mol. The van der Waals surface area contributed by atoms with Gasteiger partial charge in [0.2, 0.25) is 0 Å². The molecule has 2 aliphatic rings. The molecule has 0 saturated carbocycles. The third kappa shape index (κ3) is 2.62. The van der Waals surface area contributed by atoms with Crippen molar-refractivity contribution < 1.29 is 14.1 Å². The lowest BCUT2D eigenvalue weighted by Gasteiger charge is -2.37. The van der Waals surface area contributed by atoms with Crippen molar-refractivity contribution in [2.75, 3.05) is 11.9 Å². The zero-order chi connectivity index (χ0) is 18.3. The Morgan fingerprint density at radius 2 is 2.12 bits per heavy atom. The standard InChI is InChI=1S/C20H19FN2O3/c1-2-26-12-10-16-13-7-5-8-14(13)19(15-6-3-4-9-17(15)21)22-20(16)18(11-12)23(24)25/h3-7,9-11,13-14,19,22H,2,8H2,1H3/t13-,14+,19-/m0/s1. The molecular formula is C20H19FN2O3. The highest BCUT2D eigenvalue weighted by atomic mass is 19.1. The number of nitro groups is 1. The summed E-state index contributed by atoms with van der Waals surface area (Å²) in [4.78, 5) is 11.2. The van der Waals surface area contributed by atoms with Gasteiger partial charge in [-0.3, -0.25) is 10.1 Å². The Bertz CT molecular complexity index is 897. The highest BCUT2D eigenvalue weighted by molar-refractivity contribution is 5.73. The van der Waals surface area contributed by atoms with Crippen molar-refractivity contribution in [1.82, 2.24) is 0 Å². The number of hydrogen-bond acceptors (Lipinski definition) is 4. The number of halogens is 1. The minimum absolute atomic E-state index is 0.00466. The van der Waals surface area contributed by atoms with Crippen LogP contribution in [0, 0.1) is 21.8 Å². The van der Waals surface area contributed by atoms with Gasteiger partial charge >= 0.3 is 0 Å². The zero-order valence-corrected chi connectivity index (χ0v) is 14.3. The molecule has 4 rings (SSSR count). The van der Waals surface area contributed by atoms with Crippen molar-refractivity contribution in [3.63, 3.8) is 0 Å². The lowest BCUT2D eigenvalue weighted by molar-refractivity contribution is -0.384. The van der Waals surface area contributed by atoms with Gasteiger partial charge in [-0.25, -0.2) is 4.39 Å². The van der Waals surface area contributed by atoms with Gasteiger partial charge in [-0.15, -0.1) is 0 Å². The predicted molar refractivity (Wildman–Crippen MR) is 97.0 cm³/mol. The molecule has 134 valence electrons. The summed E-state index contributed by atoms with van der Waals surface area (Å²) in [6, 6.07) is 9.59. The van der Waals surface area contributed by atoms with Gasteiger partial charge in [0.15, 0.2) is 0 Å². The van der Waals surface area contributed by atoms with Gasteiger partial charge in [0, 0.05) is 11.5 Å². The van der Waals surface area contributed by atoms with Crippen LogP contribution in [0.25, 0.3) is 0 Å². The second kappa shape index (κ2) is 6.44. The van der Waals surface area contributed by atoms with E-state index in [0.717, 1.165) is 12.0 Å². The maximum atomic E-state index is 14.4. The van der Waals surface area contributed by atoms with Crippen LogP contribution in [0.4, 0.5) is 15.8 Å². The fourth-order valence-corrected chi connectivity index (χ4v) is 4.08. The molecule has 1 aliphatic carbocycles. The number of rotatable bonds is 4. The molecule has 0 radical (unpaired) electrons. The van der Waals surface area contributed by atoms with Crippen LogP contribution in [0.3, 0.4) is 0 Å². The average molecular weight is 354 g/mol. The largest absolute Gasteiger partial charge is 0.494 e. The van der Waals surface area contributed by atoms with Gasteiger partial charge in [0.05, 0.1) is 23.6 Å². The molecule has 1 N–H and O–H groups in total. The van der Waals surface area contributed by atoms with Crippen LogP contribution in [0.15, 0.2) is 48.6 Å². The molecule has 5 nitrogen and oxygen atoms in total. The monoisotopic (exact) mass is 354 g/mol. The summed E-state index contributed by atoms with van der Waals surface area (Å²) in [5.41, 5.74) is 1.81. The SMILES string of the molecule is CCOc1cc2c(c([N+](=O)[O-])c1)N[C@H](c1ccccc1F)[C@@H]1CC=C[C@H]21. The van der Waals surface area contributed by atoms with Crippen molar-refractivity contribution in [3.8, 4) is 5.75 Å². The molecule has 0 unspecified atom stereocenters. The molecule has 1 aliphatic heterocycles. The van der Waals surface area contributed by atoms with Gasteiger partial charge in [-0.1, -0.05) is 30.4 Å². The summed E-state index contributed by atoms with van der Waals surface area (Å²) in [6.45, 7) is 2.28. The van der Waals surface area contributed by atoms with Crippen LogP contribution >= 0.6 is 0 Å². The Balaban J connectivity index is 1.87. The highest BCUT2D eigenvalue weighted by Crippen LogP contribution is 2.53. The Labute approximate surface area is 150 Å². The minimum atomic E-state index is -0.411. The number of ether oxygens (including phenoxy) is 1. The number of anilines is 1. The van der Waals surface area contributed by atoms with E-state index in [-0.39, 0.29) is 29.4 Å². The molecule has 26 heavy (non-hydrogen) atoms. The number of nitrogens with one attached hydrogen (secondary N) is 1. The quantitative estimate of drug-likeness (QED) is 0.479. The van der Waals surface area contributed by atoms with Gasteiger partial charge in [-0.2, -0.15) is 0 Å². The normalized spacial score (nSPS) is 23.1. The van der Waals surface area contributed by atoms with Crippen LogP contribution < -0.4 is 10.1 Å². The molecule has 1 heterocycles. The van der Waals surface area contributed by atoms with Crippen molar-refractivity contribution in [1.29, 1.82) is 0 Å². The van der Waals surface area contributed by atoms with Gasteiger partial charge < -0.3 is 10.1 Å². The maximum absolute atomic E-state index is 14.4. The van der Waals surface area contributed by atoms with Crippen LogP contribution in [-0.2, 0) is 0 Å². The molecule has 0 aromatic heterocycles. The van der Waals surface area contributed by atoms with Crippen molar-refractivity contribution in [2.24, 2.45) is 5.92 Å². The van der Waals surface area contributed by atoms with E-state index in [1.807, 2.05) is 13.0 Å². The second-order valence-corrected chi connectivity index (χ2v) is 6.59. The molecule has 0 spiro atoms. The number of fused-ring (bicyclic) bond motifs is 3. The first-order chi connectivity index (χ1) is 12.6. The average Bonchev–Trinajstić information content (AvgIpc) is 3.11. The molecule has 2 aromatic carbocycles. The number of allylic oxidation sites excluding steroid dienone is 2. The van der Waals surface area contributed by atoms with Crippen LogP contribution in [0.2, 0.25) is 0 Å². The summed E-state index contributed by atoms with van der Waals surface area (Å²) in [6.07, 6.45) is 4.93. The van der Waals surface area contributed by atoms with Crippen molar-refractivity contribution in [2.45, 2.75) is 25.3 Å². The van der Waals surface area contributed by atoms with Crippen molar-refractivity contribution >= 4 is 11.4 Å². The first kappa shape index (κ1) is 16.6. The van der Waals surface area contributed by atoms with Gasteiger partial charge in [0.1, 0.15) is 17.3 Å². The number of nitro benzene ring substituents is 1. The summed E-state index contributed by atoms with van der Waals surface area (Å²) in [5, 5.41) is 14.9. The Morgan fingerprint density at radius 3 is 2.85 bits per heavy atom. The minimum Gasteiger partial charge on any atom is -0.494 e. The first-order valence-electron chi connectivity index (χ1n) is 8.73. The van der Waals surface area contributed by atoms with Crippen LogP contribution in [0.5, 0.6) is 5.75 Å². The third-order valence-corrected chi connectivity index (χ3v) is 5.17. The van der Waals surface area contributed by atoms with Gasteiger partial charge in [-0.05, 0) is 37.0 Å². The molecule has 0 fully saturated rings. The number of hydrogen-bond donors (Lipinski definition) is 1. The van der Waals surface area contributed by atoms with E-state index < -0.39 is 4.92 Å². The van der Waals surface area contributed by atoms with E-state index in [9.17, 15) is 14.5 Å². The summed E-state index contributed by atoms with van der Waals surface area (Å²) in [5.74, 6) is 0.293. The molecule has 0 bridgehead atoms. The van der Waals surface area contributed by atoms with Crippen LogP contribution in [-0.4, -0.2) is 11.5 Å². The number of nitrogens with zero attached hydrogens (tertiary/aromatic N) is 1. The van der Waals surface area contributed by atoms with Crippen LogP contribution in [0.1, 0.15) is 36.4 Å². The second-order valence-electron chi connectivity index (χ2n) is 6.59. The van der Waals surface area contributed by atoms with Gasteiger partial charge in [0.25, 0.3) is 5.69 Å². The Hall–Kier alpha value is -2.89. The Morgan fingerprint density at radius 1 is 1.31 bits per heavy atom. The topological polar surface area (TPSA) is 64.4 Å². The fourth-order valence-electron chi connectivity index (χ4n) is 4.08. The Kier molecular flexibility index (Phi) is 4.11.